The maximum Gasteiger partial charge on any atom is 0.117 e. The van der Waals surface area contributed by atoms with E-state index in [1.54, 1.807) is 0 Å². The molecule has 1 atom stereocenters. The molecular weight excluding hydrogens is 240 g/mol. The SMILES string of the molecule is ClPc1ccccc1P(Cl)Cl. The minimum atomic E-state index is -1.06. The molecule has 0 aliphatic heterocycles. The topological polar surface area (TPSA) is 0 Å². The molecular formula is C6H5Cl3P2. The lowest BCUT2D eigenvalue weighted by Gasteiger charge is -2.04. The highest BCUT2D eigenvalue weighted by atomic mass is 35.9. The van der Waals surface area contributed by atoms with Crippen LogP contribution in [0.15, 0.2) is 24.3 Å². The molecule has 0 N–H and O–H groups in total. The van der Waals surface area contributed by atoms with Gasteiger partial charge in [0.25, 0.3) is 0 Å². The quantitative estimate of drug-likeness (QED) is 0.699. The summed E-state index contributed by atoms with van der Waals surface area (Å²) in [5, 5.41) is 2.02. The van der Waals surface area contributed by atoms with Crippen LogP contribution in [0.2, 0.25) is 0 Å². The molecule has 0 aromatic heterocycles. The van der Waals surface area contributed by atoms with E-state index in [-0.39, 0.29) is 7.93 Å². The van der Waals surface area contributed by atoms with E-state index in [4.69, 9.17) is 33.7 Å². The van der Waals surface area contributed by atoms with E-state index in [0.717, 1.165) is 10.6 Å². The van der Waals surface area contributed by atoms with Gasteiger partial charge in [0.15, 0.2) is 0 Å². The van der Waals surface area contributed by atoms with Gasteiger partial charge in [0.05, 0.1) is 0 Å². The molecule has 0 spiro atoms. The molecule has 0 fully saturated rings. The summed E-state index contributed by atoms with van der Waals surface area (Å²) in [4.78, 5) is 0. The first-order valence-corrected chi connectivity index (χ1v) is 7.99. The number of hydrogen-bond donors (Lipinski definition) is 0. The van der Waals surface area contributed by atoms with Gasteiger partial charge in [-0.05, 0) is 5.30 Å². The van der Waals surface area contributed by atoms with Crippen LogP contribution in [0.1, 0.15) is 0 Å². The summed E-state index contributed by atoms with van der Waals surface area (Å²) in [6, 6.07) is 7.70. The summed E-state index contributed by atoms with van der Waals surface area (Å²) >= 11 is 17.2. The van der Waals surface area contributed by atoms with Crippen LogP contribution in [0.4, 0.5) is 0 Å². The fraction of sp³-hybridized carbons (Fsp3) is 0. The molecule has 0 heterocycles. The van der Waals surface area contributed by atoms with Crippen LogP contribution in [0.5, 0.6) is 0 Å². The van der Waals surface area contributed by atoms with E-state index in [1.165, 1.54) is 0 Å². The molecule has 0 bridgehead atoms. The Morgan fingerprint density at radius 3 is 2.27 bits per heavy atom. The van der Waals surface area contributed by atoms with E-state index >= 15 is 0 Å². The smallest absolute Gasteiger partial charge is 0.0948 e. The average Bonchev–Trinajstić information content (AvgIpc) is 2.04. The molecule has 0 aliphatic rings. The van der Waals surface area contributed by atoms with Crippen LogP contribution in [0.3, 0.4) is 0 Å². The van der Waals surface area contributed by atoms with Crippen LogP contribution >= 0.6 is 48.3 Å². The lowest BCUT2D eigenvalue weighted by atomic mass is 10.4. The maximum absolute atomic E-state index is 5.76. The fourth-order valence-corrected chi connectivity index (χ4v) is 4.00. The normalized spacial score (nSPS) is 11.6. The Labute approximate surface area is 83.1 Å². The van der Waals surface area contributed by atoms with Crippen molar-refractivity contribution in [3.8, 4) is 0 Å². The van der Waals surface area contributed by atoms with Gasteiger partial charge in [-0.1, -0.05) is 58.0 Å². The zero-order chi connectivity index (χ0) is 8.27. The van der Waals surface area contributed by atoms with Crippen LogP contribution < -0.4 is 10.6 Å². The van der Waals surface area contributed by atoms with Gasteiger partial charge in [0, 0.05) is 13.2 Å². The largest absolute Gasteiger partial charge is 0.117 e. The average molecular weight is 245 g/mol. The molecule has 0 radical (unpaired) electrons. The van der Waals surface area contributed by atoms with E-state index in [2.05, 4.69) is 0 Å². The standard InChI is InChI=1S/C6H5Cl3P2/c7-10-5-3-1-2-4-6(5)11(8)9/h1-4,10H. The Kier molecular flexibility index (Phi) is 4.42. The van der Waals surface area contributed by atoms with Crippen LogP contribution in [-0.4, -0.2) is 0 Å². The van der Waals surface area contributed by atoms with Crippen molar-refractivity contribution in [1.82, 2.24) is 0 Å². The summed E-state index contributed by atoms with van der Waals surface area (Å²) in [5.41, 5.74) is 0. The van der Waals surface area contributed by atoms with E-state index in [1.807, 2.05) is 24.3 Å². The third kappa shape index (κ3) is 2.72. The minimum Gasteiger partial charge on any atom is -0.0948 e. The van der Waals surface area contributed by atoms with Crippen molar-refractivity contribution in [2.24, 2.45) is 0 Å². The molecule has 5 heteroatoms. The predicted octanol–water partition coefficient (Wildman–Crippen LogP) is 3.56. The van der Waals surface area contributed by atoms with Crippen molar-refractivity contribution in [2.45, 2.75) is 0 Å². The molecule has 1 rings (SSSR count). The third-order valence-electron chi connectivity index (χ3n) is 1.19. The highest BCUT2D eigenvalue weighted by molar-refractivity contribution is 8.09. The molecule has 0 saturated heterocycles. The molecule has 11 heavy (non-hydrogen) atoms. The lowest BCUT2D eigenvalue weighted by molar-refractivity contribution is 1.83. The van der Waals surface area contributed by atoms with Crippen molar-refractivity contribution < 1.29 is 0 Å². The van der Waals surface area contributed by atoms with Crippen LogP contribution in [0.25, 0.3) is 0 Å². The van der Waals surface area contributed by atoms with E-state index < -0.39 is 6.63 Å². The van der Waals surface area contributed by atoms with E-state index in [9.17, 15) is 0 Å². The Hall–Kier alpha value is 0.950. The van der Waals surface area contributed by atoms with Crippen LogP contribution in [0, 0.1) is 0 Å². The van der Waals surface area contributed by atoms with Crippen molar-refractivity contribution >= 4 is 58.9 Å². The summed E-state index contributed by atoms with van der Waals surface area (Å²) in [6.07, 6.45) is 0. The van der Waals surface area contributed by atoms with Crippen molar-refractivity contribution in [1.29, 1.82) is 0 Å². The van der Waals surface area contributed by atoms with Gasteiger partial charge in [0.2, 0.25) is 0 Å². The highest BCUT2D eigenvalue weighted by Gasteiger charge is 2.07. The predicted molar refractivity (Wildman–Crippen MR) is 58.5 cm³/mol. The second-order valence-corrected chi connectivity index (χ2v) is 6.63. The van der Waals surface area contributed by atoms with Gasteiger partial charge in [-0.3, -0.25) is 0 Å². The first kappa shape index (κ1) is 10.0. The molecule has 60 valence electrons. The molecule has 0 aliphatic carbocycles. The second-order valence-electron chi connectivity index (χ2n) is 1.84. The molecule has 0 saturated carbocycles. The van der Waals surface area contributed by atoms with Crippen molar-refractivity contribution in [3.63, 3.8) is 0 Å². The van der Waals surface area contributed by atoms with Gasteiger partial charge in [-0.2, -0.15) is 0 Å². The monoisotopic (exact) mass is 244 g/mol. The van der Waals surface area contributed by atoms with Gasteiger partial charge in [-0.25, -0.2) is 0 Å². The minimum absolute atomic E-state index is 0.241. The van der Waals surface area contributed by atoms with Crippen molar-refractivity contribution in [2.75, 3.05) is 0 Å². The highest BCUT2D eigenvalue weighted by Crippen LogP contribution is 2.45. The summed E-state index contributed by atoms with van der Waals surface area (Å²) in [7, 11) is 0.241. The Morgan fingerprint density at radius 2 is 1.82 bits per heavy atom. The second kappa shape index (κ2) is 4.85. The van der Waals surface area contributed by atoms with Gasteiger partial charge < -0.3 is 0 Å². The maximum atomic E-state index is 5.76. The Balaban J connectivity index is 3.02. The molecule has 0 nitrogen and oxygen atoms in total. The third-order valence-corrected chi connectivity index (χ3v) is 4.50. The van der Waals surface area contributed by atoms with Gasteiger partial charge >= 0.3 is 0 Å². The zero-order valence-corrected chi connectivity index (χ0v) is 9.55. The van der Waals surface area contributed by atoms with E-state index in [0.29, 0.717) is 0 Å². The molecule has 1 aromatic carbocycles. The Morgan fingerprint density at radius 1 is 1.18 bits per heavy atom. The molecule has 1 unspecified atom stereocenters. The number of halogens is 3. The first-order chi connectivity index (χ1) is 5.25. The zero-order valence-electron chi connectivity index (χ0n) is 5.39. The summed E-state index contributed by atoms with van der Waals surface area (Å²) < 4.78 is 0. The van der Waals surface area contributed by atoms with Gasteiger partial charge in [0.1, 0.15) is 6.63 Å². The summed E-state index contributed by atoms with van der Waals surface area (Å²) in [6.45, 7) is -1.06. The molecule has 0 amide bonds. The van der Waals surface area contributed by atoms with Crippen molar-refractivity contribution in [3.05, 3.63) is 24.3 Å². The molecule has 1 aromatic rings. The van der Waals surface area contributed by atoms with Crippen LogP contribution in [-0.2, 0) is 0 Å². The fourth-order valence-electron chi connectivity index (χ4n) is 0.701. The first-order valence-electron chi connectivity index (χ1n) is 2.83. The number of benzene rings is 1. The number of hydrogen-bond acceptors (Lipinski definition) is 0. The van der Waals surface area contributed by atoms with Gasteiger partial charge in [-0.15, -0.1) is 0 Å². The number of rotatable bonds is 2. The summed E-state index contributed by atoms with van der Waals surface area (Å²) in [5.74, 6) is 0. The Bertz CT molecular complexity index is 239. The lowest BCUT2D eigenvalue weighted by Crippen LogP contribution is -2.13.